The van der Waals surface area contributed by atoms with Crippen molar-refractivity contribution in [2.75, 3.05) is 13.1 Å². The number of rotatable bonds is 3. The standard InChI is InChI=1S/C23H22FN3O2/c1-16-15-21(28)22(25-27(16)20-10-6-5-9-19(20)24)23(29)26-13-11-18(12-14-26)17-7-3-2-4-8-17/h2-10,15,18H,11-14H2,1H3. The van der Waals surface area contributed by atoms with Crippen LogP contribution in [0.3, 0.4) is 0 Å². The Kier molecular flexibility index (Phi) is 5.25. The van der Waals surface area contributed by atoms with E-state index in [4.69, 9.17) is 0 Å². The summed E-state index contributed by atoms with van der Waals surface area (Å²) in [5.74, 6) is -0.457. The number of piperidine rings is 1. The van der Waals surface area contributed by atoms with Crippen molar-refractivity contribution in [3.8, 4) is 5.69 Å². The molecule has 4 rings (SSSR count). The first-order chi connectivity index (χ1) is 14.0. The molecule has 2 heterocycles. The van der Waals surface area contributed by atoms with Gasteiger partial charge in [0.2, 0.25) is 5.43 Å². The molecule has 1 aliphatic heterocycles. The summed E-state index contributed by atoms with van der Waals surface area (Å²) in [5.41, 5.74) is 1.35. The maximum atomic E-state index is 14.2. The molecule has 0 radical (unpaired) electrons. The Bertz CT molecular complexity index is 1090. The van der Waals surface area contributed by atoms with Gasteiger partial charge in [-0.15, -0.1) is 0 Å². The highest BCUT2D eigenvalue weighted by atomic mass is 19.1. The normalized spacial score (nSPS) is 14.8. The maximum Gasteiger partial charge on any atom is 0.278 e. The van der Waals surface area contributed by atoms with E-state index in [9.17, 15) is 14.0 Å². The van der Waals surface area contributed by atoms with E-state index in [0.29, 0.717) is 24.7 Å². The van der Waals surface area contributed by atoms with E-state index in [-0.39, 0.29) is 11.4 Å². The van der Waals surface area contributed by atoms with Crippen LogP contribution in [-0.4, -0.2) is 33.7 Å². The molecule has 0 aliphatic carbocycles. The number of halogens is 1. The highest BCUT2D eigenvalue weighted by molar-refractivity contribution is 5.92. The lowest BCUT2D eigenvalue weighted by Gasteiger charge is -2.32. The lowest BCUT2D eigenvalue weighted by atomic mass is 9.89. The molecule has 2 aromatic carbocycles. The Labute approximate surface area is 168 Å². The third kappa shape index (κ3) is 3.83. The summed E-state index contributed by atoms with van der Waals surface area (Å²) in [7, 11) is 0. The largest absolute Gasteiger partial charge is 0.337 e. The Hall–Kier alpha value is -3.28. The molecule has 1 aromatic heterocycles. The molecule has 0 bridgehead atoms. The fourth-order valence-corrected chi connectivity index (χ4v) is 3.85. The number of carbonyl (C=O) groups is 1. The quantitative estimate of drug-likeness (QED) is 0.684. The molecule has 29 heavy (non-hydrogen) atoms. The summed E-state index contributed by atoms with van der Waals surface area (Å²) in [4.78, 5) is 27.1. The van der Waals surface area contributed by atoms with Gasteiger partial charge in [-0.3, -0.25) is 9.59 Å². The van der Waals surface area contributed by atoms with Gasteiger partial charge < -0.3 is 4.90 Å². The number of aryl methyl sites for hydroxylation is 1. The molecule has 5 nitrogen and oxygen atoms in total. The third-order valence-corrected chi connectivity index (χ3v) is 5.44. The van der Waals surface area contributed by atoms with Crippen molar-refractivity contribution in [1.82, 2.24) is 14.7 Å². The summed E-state index contributed by atoms with van der Waals surface area (Å²) in [5, 5.41) is 4.23. The minimum Gasteiger partial charge on any atom is -0.337 e. The van der Waals surface area contributed by atoms with Crippen LogP contribution >= 0.6 is 0 Å². The second-order valence-electron chi connectivity index (χ2n) is 7.34. The van der Waals surface area contributed by atoms with Crippen LogP contribution in [0.1, 0.15) is 40.5 Å². The Balaban J connectivity index is 1.57. The lowest BCUT2D eigenvalue weighted by Crippen LogP contribution is -2.41. The predicted octanol–water partition coefficient (Wildman–Crippen LogP) is 3.70. The van der Waals surface area contributed by atoms with Crippen LogP contribution < -0.4 is 5.43 Å². The monoisotopic (exact) mass is 391 g/mol. The van der Waals surface area contributed by atoms with Crippen LogP contribution in [0.2, 0.25) is 0 Å². The SMILES string of the molecule is Cc1cc(=O)c(C(=O)N2CCC(c3ccccc3)CC2)nn1-c1ccccc1F. The van der Waals surface area contributed by atoms with Gasteiger partial charge in [-0.1, -0.05) is 42.5 Å². The number of nitrogens with zero attached hydrogens (tertiary/aromatic N) is 3. The molecule has 1 amide bonds. The Morgan fingerprint density at radius 1 is 1.03 bits per heavy atom. The third-order valence-electron chi connectivity index (χ3n) is 5.44. The summed E-state index contributed by atoms with van der Waals surface area (Å²) >= 11 is 0. The molecule has 6 heteroatoms. The molecule has 148 valence electrons. The number of aromatic nitrogens is 2. The number of hydrogen-bond acceptors (Lipinski definition) is 3. The molecule has 1 saturated heterocycles. The van der Waals surface area contributed by atoms with Crippen molar-refractivity contribution in [2.24, 2.45) is 0 Å². The minimum atomic E-state index is -0.464. The van der Waals surface area contributed by atoms with Gasteiger partial charge in [0.25, 0.3) is 5.91 Å². The van der Waals surface area contributed by atoms with Gasteiger partial charge in [-0.05, 0) is 43.4 Å². The van der Waals surface area contributed by atoms with Crippen LogP contribution in [0.4, 0.5) is 4.39 Å². The first-order valence-electron chi connectivity index (χ1n) is 9.74. The summed E-state index contributed by atoms with van der Waals surface area (Å²) < 4.78 is 15.5. The summed E-state index contributed by atoms with van der Waals surface area (Å²) in [6, 6.07) is 17.8. The topological polar surface area (TPSA) is 55.2 Å². The second kappa shape index (κ2) is 7.99. The molecule has 1 aliphatic rings. The highest BCUT2D eigenvalue weighted by Gasteiger charge is 2.27. The van der Waals surface area contributed by atoms with Crippen molar-refractivity contribution in [2.45, 2.75) is 25.7 Å². The van der Waals surface area contributed by atoms with Crippen LogP contribution in [0, 0.1) is 12.7 Å². The highest BCUT2D eigenvalue weighted by Crippen LogP contribution is 2.28. The van der Waals surface area contributed by atoms with E-state index in [2.05, 4.69) is 17.2 Å². The van der Waals surface area contributed by atoms with Crippen molar-refractivity contribution in [3.63, 3.8) is 0 Å². The number of hydrogen-bond donors (Lipinski definition) is 0. The average molecular weight is 391 g/mol. The van der Waals surface area contributed by atoms with E-state index in [1.807, 2.05) is 18.2 Å². The van der Waals surface area contributed by atoms with Gasteiger partial charge in [-0.25, -0.2) is 9.07 Å². The minimum absolute atomic E-state index is 0.169. The molecule has 1 fully saturated rings. The zero-order valence-electron chi connectivity index (χ0n) is 16.2. The van der Waals surface area contributed by atoms with Gasteiger partial charge >= 0.3 is 0 Å². The smallest absolute Gasteiger partial charge is 0.278 e. The fourth-order valence-electron chi connectivity index (χ4n) is 3.85. The van der Waals surface area contributed by atoms with Gasteiger partial charge in [0, 0.05) is 24.8 Å². The molecule has 0 spiro atoms. The molecular formula is C23H22FN3O2. The molecule has 0 saturated carbocycles. The van der Waals surface area contributed by atoms with Crippen LogP contribution in [0.5, 0.6) is 0 Å². The predicted molar refractivity (Wildman–Crippen MR) is 109 cm³/mol. The maximum absolute atomic E-state index is 14.2. The number of carbonyl (C=O) groups excluding carboxylic acids is 1. The first-order valence-corrected chi connectivity index (χ1v) is 9.74. The van der Waals surface area contributed by atoms with E-state index in [1.165, 1.54) is 22.4 Å². The van der Waals surface area contributed by atoms with Gasteiger partial charge in [-0.2, -0.15) is 5.10 Å². The number of benzene rings is 2. The zero-order valence-corrected chi connectivity index (χ0v) is 16.2. The number of amides is 1. The van der Waals surface area contributed by atoms with E-state index >= 15 is 0 Å². The second-order valence-corrected chi connectivity index (χ2v) is 7.34. The number of para-hydroxylation sites is 1. The van der Waals surface area contributed by atoms with Crippen LogP contribution in [0.15, 0.2) is 65.5 Å². The average Bonchev–Trinajstić information content (AvgIpc) is 2.75. The van der Waals surface area contributed by atoms with Gasteiger partial charge in [0.1, 0.15) is 11.5 Å². The van der Waals surface area contributed by atoms with Crippen molar-refractivity contribution in [3.05, 3.63) is 93.7 Å². The van der Waals surface area contributed by atoms with E-state index < -0.39 is 17.2 Å². The summed E-state index contributed by atoms with van der Waals surface area (Å²) in [6.45, 7) is 2.79. The van der Waals surface area contributed by atoms with Crippen LogP contribution in [-0.2, 0) is 0 Å². The van der Waals surface area contributed by atoms with E-state index in [1.54, 1.807) is 30.0 Å². The molecule has 0 unspecified atom stereocenters. The fraction of sp³-hybridized carbons (Fsp3) is 0.261. The van der Waals surface area contributed by atoms with E-state index in [0.717, 1.165) is 12.8 Å². The van der Waals surface area contributed by atoms with Gasteiger partial charge in [0.15, 0.2) is 5.69 Å². The van der Waals surface area contributed by atoms with Crippen molar-refractivity contribution >= 4 is 5.91 Å². The molecule has 3 aromatic rings. The lowest BCUT2D eigenvalue weighted by molar-refractivity contribution is 0.0703. The van der Waals surface area contributed by atoms with Gasteiger partial charge in [0.05, 0.1) is 0 Å². The number of likely N-dealkylation sites (tertiary alicyclic amines) is 1. The van der Waals surface area contributed by atoms with Crippen molar-refractivity contribution in [1.29, 1.82) is 0 Å². The summed E-state index contributed by atoms with van der Waals surface area (Å²) in [6.07, 6.45) is 1.67. The Morgan fingerprint density at radius 2 is 1.69 bits per heavy atom. The first kappa shape index (κ1) is 19.1. The Morgan fingerprint density at radius 3 is 2.38 bits per heavy atom. The van der Waals surface area contributed by atoms with Crippen molar-refractivity contribution < 1.29 is 9.18 Å². The molecular weight excluding hydrogens is 369 g/mol. The molecule has 0 N–H and O–H groups in total. The van der Waals surface area contributed by atoms with Crippen LogP contribution in [0.25, 0.3) is 5.69 Å². The zero-order chi connectivity index (χ0) is 20.4. The molecule has 0 atom stereocenters.